The van der Waals surface area contributed by atoms with Crippen molar-refractivity contribution in [2.75, 3.05) is 7.05 Å². The van der Waals surface area contributed by atoms with Gasteiger partial charge in [0.2, 0.25) is 0 Å². The van der Waals surface area contributed by atoms with Crippen LogP contribution < -0.4 is 0 Å². The van der Waals surface area contributed by atoms with Crippen LogP contribution in [0.4, 0.5) is 8.78 Å². The molecule has 1 aromatic heterocycles. The van der Waals surface area contributed by atoms with Crippen molar-refractivity contribution in [2.24, 2.45) is 11.0 Å². The molecule has 1 saturated carbocycles. The molecule has 1 aromatic rings. The van der Waals surface area contributed by atoms with Gasteiger partial charge in [-0.05, 0) is 31.9 Å². The molecule has 0 aromatic carbocycles. The number of halogens is 2. The van der Waals surface area contributed by atoms with E-state index >= 15 is 0 Å². The van der Waals surface area contributed by atoms with Crippen molar-refractivity contribution in [2.45, 2.75) is 44.7 Å². The van der Waals surface area contributed by atoms with Gasteiger partial charge in [0.25, 0.3) is 5.66 Å². The summed E-state index contributed by atoms with van der Waals surface area (Å²) in [5.74, 6) is 0.328. The maximum atomic E-state index is 13.2. The second kappa shape index (κ2) is 7.83. The van der Waals surface area contributed by atoms with E-state index in [1.54, 1.807) is 6.92 Å². The molecule has 0 aliphatic heterocycles. The summed E-state index contributed by atoms with van der Waals surface area (Å²) in [6.07, 6.45) is 5.37. The van der Waals surface area contributed by atoms with Crippen molar-refractivity contribution in [3.05, 3.63) is 34.2 Å². The lowest BCUT2D eigenvalue weighted by Crippen LogP contribution is -2.23. The summed E-state index contributed by atoms with van der Waals surface area (Å²) in [7, 11) is 2.89. The van der Waals surface area contributed by atoms with Gasteiger partial charge < -0.3 is 0 Å². The van der Waals surface area contributed by atoms with E-state index in [1.807, 2.05) is 12.1 Å². The predicted octanol–water partition coefficient (Wildman–Crippen LogP) is 5.15. The van der Waals surface area contributed by atoms with Crippen molar-refractivity contribution in [3.63, 3.8) is 0 Å². The molecule has 3 nitrogen and oxygen atoms in total. The van der Waals surface area contributed by atoms with E-state index in [0.29, 0.717) is 5.71 Å². The summed E-state index contributed by atoms with van der Waals surface area (Å²) < 4.78 is 26.5. The highest BCUT2D eigenvalue weighted by Gasteiger charge is 2.29. The number of nitrogens with zero attached hydrogens (tertiary/aromatic N) is 2. The minimum atomic E-state index is -3.10. The van der Waals surface area contributed by atoms with E-state index in [4.69, 9.17) is 0 Å². The van der Waals surface area contributed by atoms with Crippen molar-refractivity contribution >= 4 is 32.1 Å². The number of alkyl halides is 2. The molecule has 1 fully saturated rings. The molecule has 2 rings (SSSR count). The Morgan fingerprint density at radius 2 is 1.92 bits per heavy atom. The van der Waals surface area contributed by atoms with E-state index in [-0.39, 0.29) is 11.7 Å². The molecule has 1 aliphatic rings. The minimum absolute atomic E-state index is 0.126. The SMILES string of the molecule is C=C(N(C)/N=C(\C)c1ccc(C(=O)C2CCCCC2)s1)C(F)(F)P. The summed E-state index contributed by atoms with van der Waals surface area (Å²) in [4.78, 5) is 14.1. The third-order valence-electron chi connectivity index (χ3n) is 4.26. The molecule has 7 heteroatoms. The van der Waals surface area contributed by atoms with E-state index in [9.17, 15) is 13.6 Å². The van der Waals surface area contributed by atoms with Crippen molar-refractivity contribution in [1.82, 2.24) is 5.01 Å². The van der Waals surface area contributed by atoms with Gasteiger partial charge >= 0.3 is 0 Å². The molecule has 0 radical (unpaired) electrons. The van der Waals surface area contributed by atoms with Crippen LogP contribution in [0.1, 0.15) is 53.6 Å². The zero-order chi connectivity index (χ0) is 17.9. The molecule has 1 heterocycles. The number of rotatable bonds is 6. The van der Waals surface area contributed by atoms with Crippen LogP contribution in [-0.4, -0.2) is 29.2 Å². The van der Waals surface area contributed by atoms with Gasteiger partial charge in [-0.3, -0.25) is 9.80 Å². The lowest BCUT2D eigenvalue weighted by Gasteiger charge is -2.21. The number of Topliss-reactive ketones (excluding diaryl/α,β-unsaturated/α-hetero) is 1. The van der Waals surface area contributed by atoms with Crippen molar-refractivity contribution in [3.8, 4) is 0 Å². The Hall–Kier alpha value is -1.13. The standard InChI is InChI=1S/C17H23F2N2OPS/c1-11(20-21(3)12(2)17(18,19)23)14-9-10-15(24-14)16(22)13-7-5-4-6-8-13/h9-10,13H,2,4-8,23H2,1,3H3/b20-11+. The van der Waals surface area contributed by atoms with Crippen molar-refractivity contribution < 1.29 is 13.6 Å². The third-order valence-corrected chi connectivity index (χ3v) is 5.80. The largest absolute Gasteiger partial charge is 0.299 e. The van der Waals surface area contributed by atoms with Gasteiger partial charge in [0, 0.05) is 13.0 Å². The van der Waals surface area contributed by atoms with Crippen LogP contribution in [0.3, 0.4) is 0 Å². The van der Waals surface area contributed by atoms with Gasteiger partial charge in [0.1, 0.15) is 5.70 Å². The van der Waals surface area contributed by atoms with Crippen LogP contribution in [0.2, 0.25) is 0 Å². The maximum Gasteiger partial charge on any atom is 0.299 e. The van der Waals surface area contributed by atoms with Crippen LogP contribution >= 0.6 is 20.6 Å². The van der Waals surface area contributed by atoms with Crippen LogP contribution in [0.15, 0.2) is 29.5 Å². The van der Waals surface area contributed by atoms with Gasteiger partial charge in [-0.25, -0.2) is 0 Å². The first-order valence-corrected chi connectivity index (χ1v) is 9.39. The highest BCUT2D eigenvalue weighted by atomic mass is 32.1. The summed E-state index contributed by atoms with van der Waals surface area (Å²) >= 11 is 1.37. The number of carbonyl (C=O) groups is 1. The summed E-state index contributed by atoms with van der Waals surface area (Å²) in [6, 6.07) is 3.64. The molecule has 24 heavy (non-hydrogen) atoms. The first kappa shape index (κ1) is 19.2. The van der Waals surface area contributed by atoms with Crippen LogP contribution in [0.25, 0.3) is 0 Å². The Bertz CT molecular complexity index is 645. The number of thiophene rings is 1. The Kier molecular flexibility index (Phi) is 6.27. The quantitative estimate of drug-likeness (QED) is 0.299. The number of ketones is 1. The molecular formula is C17H23F2N2OPS. The lowest BCUT2D eigenvalue weighted by molar-refractivity contribution is 0.0893. The van der Waals surface area contributed by atoms with E-state index in [2.05, 4.69) is 11.7 Å². The second-order valence-corrected chi connectivity index (χ2v) is 7.95. The second-order valence-electron chi connectivity index (χ2n) is 6.14. The normalized spacial score (nSPS) is 17.0. The Labute approximate surface area is 148 Å². The van der Waals surface area contributed by atoms with Gasteiger partial charge in [-0.2, -0.15) is 13.9 Å². The topological polar surface area (TPSA) is 32.7 Å². The third kappa shape index (κ3) is 4.70. The molecule has 0 saturated heterocycles. The van der Waals surface area contributed by atoms with Crippen molar-refractivity contribution in [1.29, 1.82) is 0 Å². The zero-order valence-corrected chi connectivity index (χ0v) is 16.0. The molecule has 1 aliphatic carbocycles. The minimum Gasteiger partial charge on any atom is -0.293 e. The highest BCUT2D eigenvalue weighted by Crippen LogP contribution is 2.32. The number of hydrazone groups is 1. The fourth-order valence-electron chi connectivity index (χ4n) is 2.78. The van der Waals surface area contributed by atoms with Crippen LogP contribution in [0, 0.1) is 5.92 Å². The zero-order valence-electron chi connectivity index (χ0n) is 14.0. The molecular weight excluding hydrogens is 349 g/mol. The summed E-state index contributed by atoms with van der Waals surface area (Å²) in [6.45, 7) is 5.11. The highest BCUT2D eigenvalue weighted by molar-refractivity contribution is 7.18. The first-order chi connectivity index (χ1) is 11.2. The van der Waals surface area contributed by atoms with E-state index in [0.717, 1.165) is 40.4 Å². The number of allylic oxidation sites excluding steroid dienone is 1. The lowest BCUT2D eigenvalue weighted by atomic mass is 9.86. The van der Waals surface area contributed by atoms with Crippen LogP contribution in [0.5, 0.6) is 0 Å². The number of hydrogen-bond acceptors (Lipinski definition) is 4. The van der Waals surface area contributed by atoms with E-state index < -0.39 is 11.4 Å². The molecule has 0 bridgehead atoms. The first-order valence-electron chi connectivity index (χ1n) is 7.99. The summed E-state index contributed by atoms with van der Waals surface area (Å²) in [5, 5.41) is 5.23. The number of hydrogen-bond donors (Lipinski definition) is 0. The molecule has 1 unspecified atom stereocenters. The Morgan fingerprint density at radius 3 is 2.50 bits per heavy atom. The van der Waals surface area contributed by atoms with E-state index in [1.165, 1.54) is 34.0 Å². The molecule has 0 amide bonds. The Balaban J connectivity index is 2.10. The number of carbonyl (C=O) groups excluding carboxylic acids is 1. The van der Waals surface area contributed by atoms with Gasteiger partial charge in [0.15, 0.2) is 5.78 Å². The predicted molar refractivity (Wildman–Crippen MR) is 99.0 cm³/mol. The van der Waals surface area contributed by atoms with Crippen LogP contribution in [-0.2, 0) is 0 Å². The maximum absolute atomic E-state index is 13.2. The average Bonchev–Trinajstić information content (AvgIpc) is 3.03. The molecule has 0 spiro atoms. The molecule has 1 atom stereocenters. The van der Waals surface area contributed by atoms with Gasteiger partial charge in [0.05, 0.1) is 15.5 Å². The van der Waals surface area contributed by atoms with Gasteiger partial charge in [-0.1, -0.05) is 35.1 Å². The monoisotopic (exact) mass is 372 g/mol. The smallest absolute Gasteiger partial charge is 0.293 e. The van der Waals surface area contributed by atoms with Gasteiger partial charge in [-0.15, -0.1) is 11.3 Å². The average molecular weight is 372 g/mol. The summed E-state index contributed by atoms with van der Waals surface area (Å²) in [5.41, 5.74) is -2.92. The Morgan fingerprint density at radius 1 is 1.33 bits per heavy atom. The fourth-order valence-corrected chi connectivity index (χ4v) is 3.93. The fraction of sp³-hybridized carbons (Fsp3) is 0.529. The molecule has 0 N–H and O–H groups in total. The molecule has 132 valence electrons.